The number of carbonyl (C=O) groups is 1. The van der Waals surface area contributed by atoms with E-state index < -0.39 is 47.6 Å². The molecule has 254 valence electrons. The molecule has 49 heavy (non-hydrogen) atoms. The van der Waals surface area contributed by atoms with E-state index in [4.69, 9.17) is 4.74 Å². The highest BCUT2D eigenvalue weighted by Gasteiger charge is 2.38. The molecular formula is C39H34F6N2O2. The van der Waals surface area contributed by atoms with Gasteiger partial charge in [0.25, 0.3) is 0 Å². The summed E-state index contributed by atoms with van der Waals surface area (Å²) in [5.41, 5.74) is 1.53. The lowest BCUT2D eigenvalue weighted by Gasteiger charge is -2.38. The first-order chi connectivity index (χ1) is 23.4. The van der Waals surface area contributed by atoms with Crippen LogP contribution >= 0.6 is 0 Å². The molecule has 0 aliphatic heterocycles. The van der Waals surface area contributed by atoms with Gasteiger partial charge in [-0.05, 0) is 52.1 Å². The first-order valence-corrected chi connectivity index (χ1v) is 15.5. The minimum Gasteiger partial charge on any atom is -0.468 e. The third kappa shape index (κ3) is 9.16. The van der Waals surface area contributed by atoms with E-state index in [1.54, 1.807) is 0 Å². The number of hydrogen-bond donors (Lipinski definition) is 1. The lowest BCUT2D eigenvalue weighted by molar-refractivity contribution is -0.145. The van der Waals surface area contributed by atoms with Gasteiger partial charge in [0.2, 0.25) is 0 Å². The van der Waals surface area contributed by atoms with E-state index in [2.05, 4.69) is 10.2 Å². The molecule has 5 aromatic carbocycles. The minimum absolute atomic E-state index is 0.311. The van der Waals surface area contributed by atoms with Crippen LogP contribution in [0, 0.1) is 0 Å². The maximum atomic E-state index is 13.9. The monoisotopic (exact) mass is 676 g/mol. The van der Waals surface area contributed by atoms with Crippen LogP contribution in [0.1, 0.15) is 51.0 Å². The smallest absolute Gasteiger partial charge is 0.416 e. The molecule has 0 aromatic heterocycles. The van der Waals surface area contributed by atoms with Gasteiger partial charge in [-0.3, -0.25) is 15.0 Å². The number of esters is 1. The van der Waals surface area contributed by atoms with E-state index in [0.717, 1.165) is 41.0 Å². The van der Waals surface area contributed by atoms with Gasteiger partial charge in [-0.2, -0.15) is 26.3 Å². The predicted octanol–water partition coefficient (Wildman–Crippen LogP) is 9.39. The topological polar surface area (TPSA) is 41.6 Å². The Kier molecular flexibility index (Phi) is 11.2. The van der Waals surface area contributed by atoms with Gasteiger partial charge in [-0.1, -0.05) is 115 Å². The van der Waals surface area contributed by atoms with Crippen molar-refractivity contribution in [3.8, 4) is 0 Å². The SMILES string of the molecule is COC(=O)[C@@H](NC(c1ccc(C(F)(F)F)cc1)c1ccc(C(F)(F)F)cc1)[C@H](c1ccccc1)N(Cc1ccccc1)Cc1ccccc1. The van der Waals surface area contributed by atoms with Gasteiger partial charge in [0.05, 0.1) is 30.3 Å². The lowest BCUT2D eigenvalue weighted by atomic mass is 9.91. The summed E-state index contributed by atoms with van der Waals surface area (Å²) in [4.78, 5) is 16.0. The largest absolute Gasteiger partial charge is 0.468 e. The van der Waals surface area contributed by atoms with Crippen molar-refractivity contribution in [1.29, 1.82) is 0 Å². The Bertz CT molecular complexity index is 1660. The van der Waals surface area contributed by atoms with Crippen molar-refractivity contribution in [3.05, 3.63) is 178 Å². The van der Waals surface area contributed by atoms with Gasteiger partial charge in [-0.15, -0.1) is 0 Å². The number of nitrogens with zero attached hydrogens (tertiary/aromatic N) is 1. The zero-order valence-electron chi connectivity index (χ0n) is 26.5. The Morgan fingerprint density at radius 2 is 0.980 bits per heavy atom. The molecule has 0 heterocycles. The Hall–Kier alpha value is -4.93. The summed E-state index contributed by atoms with van der Waals surface area (Å²) in [7, 11) is 1.24. The van der Waals surface area contributed by atoms with Gasteiger partial charge >= 0.3 is 18.3 Å². The predicted molar refractivity (Wildman–Crippen MR) is 175 cm³/mol. The van der Waals surface area contributed by atoms with Gasteiger partial charge in [-0.25, -0.2) is 0 Å². The number of rotatable bonds is 12. The number of carbonyl (C=O) groups excluding carboxylic acids is 1. The van der Waals surface area contributed by atoms with E-state index in [1.165, 1.54) is 31.4 Å². The average molecular weight is 677 g/mol. The maximum absolute atomic E-state index is 13.9. The molecule has 4 nitrogen and oxygen atoms in total. The van der Waals surface area contributed by atoms with Gasteiger partial charge < -0.3 is 4.74 Å². The first kappa shape index (κ1) is 35.4. The molecule has 0 unspecified atom stereocenters. The van der Waals surface area contributed by atoms with E-state index >= 15 is 0 Å². The first-order valence-electron chi connectivity index (χ1n) is 15.5. The van der Waals surface area contributed by atoms with Gasteiger partial charge in [0, 0.05) is 13.1 Å². The molecule has 0 radical (unpaired) electrons. The molecule has 0 aliphatic rings. The quantitative estimate of drug-likeness (QED) is 0.106. The normalized spacial score (nSPS) is 13.3. The molecule has 0 spiro atoms. The molecule has 0 amide bonds. The highest BCUT2D eigenvalue weighted by Crippen LogP contribution is 2.36. The maximum Gasteiger partial charge on any atom is 0.416 e. The van der Waals surface area contributed by atoms with Crippen LogP contribution in [0.25, 0.3) is 0 Å². The standard InChI is InChI=1S/C39H34F6N2O2/c1-49-37(48)35(46-34(29-17-21-32(22-18-29)38(40,41)42)30-19-23-33(24-20-30)39(43,44)45)36(31-15-9-4-10-16-31)47(25-27-11-5-2-6-12-27)26-28-13-7-3-8-14-28/h2-24,34-36,46H,25-26H2,1H3/t35-,36-/m0/s1. The molecule has 5 rings (SSSR count). The fraction of sp³-hybridized carbons (Fsp3) is 0.205. The van der Waals surface area contributed by atoms with Crippen LogP contribution in [-0.2, 0) is 35.0 Å². The van der Waals surface area contributed by atoms with E-state index in [1.807, 2.05) is 91.0 Å². The number of ether oxygens (including phenoxy) is 1. The van der Waals surface area contributed by atoms with Crippen LogP contribution in [0.2, 0.25) is 0 Å². The summed E-state index contributed by atoms with van der Waals surface area (Å²) in [5.74, 6) is -0.663. The summed E-state index contributed by atoms with van der Waals surface area (Å²) in [6, 6.07) is 34.4. The van der Waals surface area contributed by atoms with Crippen molar-refractivity contribution in [3.63, 3.8) is 0 Å². The fourth-order valence-corrected chi connectivity index (χ4v) is 5.86. The Labute approximate surface area is 281 Å². The second kappa shape index (κ2) is 15.5. The number of nitrogens with one attached hydrogen (secondary N) is 1. The Morgan fingerprint density at radius 1 is 0.592 bits per heavy atom. The zero-order valence-corrected chi connectivity index (χ0v) is 26.5. The van der Waals surface area contributed by atoms with Crippen molar-refractivity contribution < 1.29 is 35.9 Å². The van der Waals surface area contributed by atoms with Crippen molar-refractivity contribution in [1.82, 2.24) is 10.2 Å². The van der Waals surface area contributed by atoms with Crippen LogP contribution in [0.3, 0.4) is 0 Å². The summed E-state index contributed by atoms with van der Waals surface area (Å²) >= 11 is 0. The minimum atomic E-state index is -4.60. The molecule has 0 bridgehead atoms. The second-order valence-electron chi connectivity index (χ2n) is 11.6. The number of hydrogen-bond acceptors (Lipinski definition) is 4. The number of alkyl halides is 6. The Morgan fingerprint density at radius 3 is 1.35 bits per heavy atom. The Balaban J connectivity index is 1.65. The van der Waals surface area contributed by atoms with Crippen molar-refractivity contribution in [2.75, 3.05) is 7.11 Å². The van der Waals surface area contributed by atoms with Crippen LogP contribution < -0.4 is 5.32 Å². The molecule has 10 heteroatoms. The van der Waals surface area contributed by atoms with Gasteiger partial charge in [0.1, 0.15) is 6.04 Å². The highest BCUT2D eigenvalue weighted by molar-refractivity contribution is 5.77. The number of halogens is 6. The molecule has 0 saturated heterocycles. The molecule has 0 fully saturated rings. The fourth-order valence-electron chi connectivity index (χ4n) is 5.86. The van der Waals surface area contributed by atoms with Crippen LogP contribution in [0.4, 0.5) is 26.3 Å². The summed E-state index contributed by atoms with van der Waals surface area (Å²) in [6.45, 7) is 0.797. The molecule has 5 aromatic rings. The molecule has 0 saturated carbocycles. The molecular weight excluding hydrogens is 642 g/mol. The van der Waals surface area contributed by atoms with E-state index in [9.17, 15) is 31.1 Å². The van der Waals surface area contributed by atoms with Crippen molar-refractivity contribution in [2.24, 2.45) is 0 Å². The van der Waals surface area contributed by atoms with Crippen molar-refractivity contribution in [2.45, 2.75) is 43.6 Å². The molecule has 2 atom stereocenters. The van der Waals surface area contributed by atoms with Crippen LogP contribution in [0.5, 0.6) is 0 Å². The van der Waals surface area contributed by atoms with E-state index in [0.29, 0.717) is 24.2 Å². The number of methoxy groups -OCH3 is 1. The third-order valence-electron chi connectivity index (χ3n) is 8.25. The third-order valence-corrected chi connectivity index (χ3v) is 8.25. The summed E-state index contributed by atoms with van der Waals surface area (Å²) < 4.78 is 86.4. The van der Waals surface area contributed by atoms with Crippen LogP contribution in [0.15, 0.2) is 140 Å². The highest BCUT2D eigenvalue weighted by atomic mass is 19.4. The molecule has 1 N–H and O–H groups in total. The average Bonchev–Trinajstić information content (AvgIpc) is 3.10. The van der Waals surface area contributed by atoms with Crippen molar-refractivity contribution >= 4 is 5.97 Å². The number of benzene rings is 5. The summed E-state index contributed by atoms with van der Waals surface area (Å²) in [6.07, 6.45) is -9.20. The van der Waals surface area contributed by atoms with Crippen LogP contribution in [-0.4, -0.2) is 24.0 Å². The summed E-state index contributed by atoms with van der Waals surface area (Å²) in [5, 5.41) is 3.33. The second-order valence-corrected chi connectivity index (χ2v) is 11.6. The lowest BCUT2D eigenvalue weighted by Crippen LogP contribution is -2.50. The zero-order chi connectivity index (χ0) is 35.0. The van der Waals surface area contributed by atoms with E-state index in [-0.39, 0.29) is 0 Å². The van der Waals surface area contributed by atoms with Gasteiger partial charge in [0.15, 0.2) is 0 Å². The molecule has 0 aliphatic carbocycles.